The summed E-state index contributed by atoms with van der Waals surface area (Å²) in [6.07, 6.45) is 4.04. The van der Waals surface area contributed by atoms with Gasteiger partial charge in [0.2, 0.25) is 0 Å². The molecule has 3 rings (SSSR count). The van der Waals surface area contributed by atoms with E-state index >= 15 is 0 Å². The van der Waals surface area contributed by atoms with E-state index in [1.165, 1.54) is 11.3 Å². The average Bonchev–Trinajstić information content (AvgIpc) is 3.08. The Bertz CT molecular complexity index is 737. The Hall–Kier alpha value is -2.06. The summed E-state index contributed by atoms with van der Waals surface area (Å²) in [6.45, 7) is 0.533. The predicted octanol–water partition coefficient (Wildman–Crippen LogP) is 1.70. The predicted molar refractivity (Wildman–Crippen MR) is 80.0 cm³/mol. The lowest BCUT2D eigenvalue weighted by Crippen LogP contribution is -2.25. The summed E-state index contributed by atoms with van der Waals surface area (Å²) < 4.78 is 0. The van der Waals surface area contributed by atoms with Gasteiger partial charge in [0, 0.05) is 29.9 Å². The molecule has 0 spiro atoms. The lowest BCUT2D eigenvalue weighted by Gasteiger charge is -2.02. The first-order valence-corrected chi connectivity index (χ1v) is 7.61. The number of hydrogen-bond acceptors (Lipinski definition) is 7. The zero-order chi connectivity index (χ0) is 13.9. The normalized spacial score (nSPS) is 10.8. The highest BCUT2D eigenvalue weighted by atomic mass is 32.1. The first kappa shape index (κ1) is 12.9. The van der Waals surface area contributed by atoms with Crippen molar-refractivity contribution in [2.75, 3.05) is 12.3 Å². The van der Waals surface area contributed by atoms with Gasteiger partial charge < -0.3 is 11.1 Å². The molecule has 3 aromatic heterocycles. The van der Waals surface area contributed by atoms with Crippen LogP contribution in [0.5, 0.6) is 0 Å². The maximum atomic E-state index is 12.1. The number of carbonyl (C=O) groups is 1. The molecule has 20 heavy (non-hydrogen) atoms. The fraction of sp³-hybridized carbons (Fsp3) is 0.167. The molecule has 3 heterocycles. The van der Waals surface area contributed by atoms with E-state index < -0.39 is 0 Å². The van der Waals surface area contributed by atoms with E-state index in [4.69, 9.17) is 5.73 Å². The van der Waals surface area contributed by atoms with Gasteiger partial charge in [-0.2, -0.15) is 5.10 Å². The minimum atomic E-state index is -0.179. The Morgan fingerprint density at radius 2 is 2.30 bits per heavy atom. The van der Waals surface area contributed by atoms with Crippen LogP contribution in [0.25, 0.3) is 10.2 Å². The molecule has 0 unspecified atom stereocenters. The number of nitrogen functional groups attached to an aromatic ring is 1. The van der Waals surface area contributed by atoms with Crippen LogP contribution in [-0.2, 0) is 6.42 Å². The Morgan fingerprint density at radius 1 is 1.40 bits per heavy atom. The first-order chi connectivity index (χ1) is 9.75. The maximum absolute atomic E-state index is 12.1. The molecule has 8 heteroatoms. The van der Waals surface area contributed by atoms with Gasteiger partial charge in [-0.3, -0.25) is 4.79 Å². The summed E-state index contributed by atoms with van der Waals surface area (Å²) in [4.78, 5) is 17.4. The molecule has 102 valence electrons. The van der Waals surface area contributed by atoms with Gasteiger partial charge in [-0.1, -0.05) is 0 Å². The van der Waals surface area contributed by atoms with E-state index in [1.807, 2.05) is 5.38 Å². The largest absolute Gasteiger partial charge is 0.397 e. The molecule has 0 fully saturated rings. The van der Waals surface area contributed by atoms with Crippen LogP contribution in [-0.4, -0.2) is 27.6 Å². The Morgan fingerprint density at radius 3 is 3.05 bits per heavy atom. The molecule has 0 saturated carbocycles. The fourth-order valence-corrected chi connectivity index (χ4v) is 3.36. The second kappa shape index (κ2) is 5.51. The highest BCUT2D eigenvalue weighted by Crippen LogP contribution is 2.31. The van der Waals surface area contributed by atoms with E-state index in [9.17, 15) is 4.79 Å². The number of thiophene rings is 1. The second-order valence-corrected chi connectivity index (χ2v) is 6.00. The molecule has 0 aliphatic heterocycles. The maximum Gasteiger partial charge on any atom is 0.263 e. The standard InChI is InChI=1S/C12H11N5OS2/c13-9-7-1-4-16-17-12(7)20-10(9)11(18)15-3-2-8-14-5-6-19-8/h1,4-6H,2-3,13H2,(H,15,18). The van der Waals surface area contributed by atoms with Crippen LogP contribution in [0, 0.1) is 0 Å². The van der Waals surface area contributed by atoms with E-state index in [0.717, 1.165) is 10.4 Å². The zero-order valence-electron chi connectivity index (χ0n) is 10.4. The van der Waals surface area contributed by atoms with Crippen LogP contribution in [0.3, 0.4) is 0 Å². The lowest BCUT2D eigenvalue weighted by atomic mass is 10.3. The van der Waals surface area contributed by atoms with E-state index in [1.54, 1.807) is 29.8 Å². The number of thiazole rings is 1. The Labute approximate surface area is 122 Å². The van der Waals surface area contributed by atoms with Gasteiger partial charge in [-0.05, 0) is 6.07 Å². The molecule has 0 aromatic carbocycles. The minimum Gasteiger partial charge on any atom is -0.397 e. The Balaban J connectivity index is 1.71. The SMILES string of the molecule is Nc1c(C(=O)NCCc2nccs2)sc2nnccc12. The number of carbonyl (C=O) groups excluding carboxylic acids is 1. The van der Waals surface area contributed by atoms with Crippen molar-refractivity contribution in [1.82, 2.24) is 20.5 Å². The molecular formula is C12H11N5OS2. The van der Waals surface area contributed by atoms with E-state index in [-0.39, 0.29) is 5.91 Å². The molecule has 3 N–H and O–H groups in total. The molecule has 3 aromatic rings. The number of hydrogen-bond donors (Lipinski definition) is 2. The first-order valence-electron chi connectivity index (χ1n) is 5.92. The topological polar surface area (TPSA) is 93.8 Å². The highest BCUT2D eigenvalue weighted by Gasteiger charge is 2.16. The van der Waals surface area contributed by atoms with Crippen molar-refractivity contribution in [3.05, 3.63) is 33.7 Å². The van der Waals surface area contributed by atoms with Crippen LogP contribution in [0.2, 0.25) is 0 Å². The van der Waals surface area contributed by atoms with Crippen LogP contribution < -0.4 is 11.1 Å². The fourth-order valence-electron chi connectivity index (χ4n) is 1.78. The van der Waals surface area contributed by atoms with Crippen LogP contribution >= 0.6 is 22.7 Å². The third kappa shape index (κ3) is 2.47. The third-order valence-electron chi connectivity index (χ3n) is 2.73. The number of nitrogens with one attached hydrogen (secondary N) is 1. The molecule has 6 nitrogen and oxygen atoms in total. The van der Waals surface area contributed by atoms with E-state index in [0.29, 0.717) is 28.4 Å². The number of nitrogens with two attached hydrogens (primary N) is 1. The van der Waals surface area contributed by atoms with Crippen molar-refractivity contribution < 1.29 is 4.79 Å². The van der Waals surface area contributed by atoms with Gasteiger partial charge in [-0.25, -0.2) is 4.98 Å². The number of fused-ring (bicyclic) bond motifs is 1. The van der Waals surface area contributed by atoms with Gasteiger partial charge in [0.15, 0.2) is 0 Å². The van der Waals surface area contributed by atoms with Gasteiger partial charge in [0.1, 0.15) is 9.71 Å². The molecule has 0 bridgehead atoms. The molecule has 1 amide bonds. The zero-order valence-corrected chi connectivity index (χ0v) is 12.0. The van der Waals surface area contributed by atoms with Gasteiger partial charge in [0.25, 0.3) is 5.91 Å². The van der Waals surface area contributed by atoms with Gasteiger partial charge in [-0.15, -0.1) is 27.8 Å². The molecule has 0 aliphatic carbocycles. The number of amides is 1. The van der Waals surface area contributed by atoms with Crippen LogP contribution in [0.1, 0.15) is 14.7 Å². The second-order valence-electron chi connectivity index (χ2n) is 4.03. The molecule has 0 saturated heterocycles. The summed E-state index contributed by atoms with van der Waals surface area (Å²) in [5.41, 5.74) is 6.44. The van der Waals surface area contributed by atoms with Gasteiger partial charge in [0.05, 0.1) is 16.9 Å². The highest BCUT2D eigenvalue weighted by molar-refractivity contribution is 7.21. The number of rotatable bonds is 4. The van der Waals surface area contributed by atoms with Gasteiger partial charge >= 0.3 is 0 Å². The monoisotopic (exact) mass is 305 g/mol. The lowest BCUT2D eigenvalue weighted by molar-refractivity contribution is 0.0959. The molecule has 0 radical (unpaired) electrons. The number of anilines is 1. The van der Waals surface area contributed by atoms with Crippen molar-refractivity contribution in [3.63, 3.8) is 0 Å². The smallest absolute Gasteiger partial charge is 0.263 e. The van der Waals surface area contributed by atoms with Crippen LogP contribution in [0.4, 0.5) is 5.69 Å². The third-order valence-corrected chi connectivity index (χ3v) is 4.68. The summed E-state index contributed by atoms with van der Waals surface area (Å²) in [6, 6.07) is 1.76. The van der Waals surface area contributed by atoms with Crippen molar-refractivity contribution >= 4 is 44.5 Å². The van der Waals surface area contributed by atoms with Crippen molar-refractivity contribution in [3.8, 4) is 0 Å². The van der Waals surface area contributed by atoms with Crippen molar-refractivity contribution in [2.45, 2.75) is 6.42 Å². The molecule has 0 aliphatic rings. The quantitative estimate of drug-likeness (QED) is 0.765. The summed E-state index contributed by atoms with van der Waals surface area (Å²) in [5, 5.41) is 14.3. The minimum absolute atomic E-state index is 0.179. The summed E-state index contributed by atoms with van der Waals surface area (Å²) in [5.74, 6) is -0.179. The number of aromatic nitrogens is 3. The molecular weight excluding hydrogens is 294 g/mol. The molecule has 0 atom stereocenters. The number of nitrogens with zero attached hydrogens (tertiary/aromatic N) is 3. The van der Waals surface area contributed by atoms with E-state index in [2.05, 4.69) is 20.5 Å². The summed E-state index contributed by atoms with van der Waals surface area (Å²) >= 11 is 2.83. The Kier molecular flexibility index (Phi) is 3.57. The summed E-state index contributed by atoms with van der Waals surface area (Å²) in [7, 11) is 0. The van der Waals surface area contributed by atoms with Crippen molar-refractivity contribution in [2.24, 2.45) is 0 Å². The average molecular weight is 305 g/mol. The van der Waals surface area contributed by atoms with Crippen molar-refractivity contribution in [1.29, 1.82) is 0 Å². The van der Waals surface area contributed by atoms with Crippen LogP contribution in [0.15, 0.2) is 23.8 Å².